The van der Waals surface area contributed by atoms with Crippen LogP contribution in [0.5, 0.6) is 0 Å². The molecule has 8 heteroatoms. The number of benzene rings is 1. The third-order valence-corrected chi connectivity index (χ3v) is 6.53. The molecule has 2 aromatic rings. The van der Waals surface area contributed by atoms with E-state index in [-0.39, 0.29) is 5.91 Å². The first-order chi connectivity index (χ1) is 14.2. The van der Waals surface area contributed by atoms with E-state index in [2.05, 4.69) is 34.1 Å². The quantitative estimate of drug-likeness (QED) is 0.690. The van der Waals surface area contributed by atoms with Gasteiger partial charge >= 0.3 is 0 Å². The highest BCUT2D eigenvalue weighted by molar-refractivity contribution is 7.88. The van der Waals surface area contributed by atoms with Crippen molar-refractivity contribution >= 4 is 15.9 Å². The molecule has 1 aromatic heterocycles. The number of sulfonamides is 1. The van der Waals surface area contributed by atoms with Crippen molar-refractivity contribution in [3.8, 4) is 0 Å². The Morgan fingerprint density at radius 1 is 1.17 bits per heavy atom. The van der Waals surface area contributed by atoms with Gasteiger partial charge in [-0.15, -0.1) is 0 Å². The van der Waals surface area contributed by atoms with Gasteiger partial charge in [-0.05, 0) is 56.6 Å². The summed E-state index contributed by atoms with van der Waals surface area (Å²) >= 11 is 0. The fourth-order valence-electron chi connectivity index (χ4n) is 3.96. The highest BCUT2D eigenvalue weighted by atomic mass is 32.2. The first-order valence-electron chi connectivity index (χ1n) is 10.4. The smallest absolute Gasteiger partial charge is 0.227 e. The number of piperidine rings is 1. The van der Waals surface area contributed by atoms with E-state index in [0.29, 0.717) is 25.3 Å². The van der Waals surface area contributed by atoms with Crippen LogP contribution in [0.1, 0.15) is 41.0 Å². The van der Waals surface area contributed by atoms with Gasteiger partial charge in [-0.2, -0.15) is 0 Å². The topological polar surface area (TPSA) is 92.5 Å². The van der Waals surface area contributed by atoms with Crippen LogP contribution in [-0.4, -0.2) is 50.3 Å². The molecule has 1 aromatic carbocycles. The number of nitrogens with zero attached hydrogens (tertiary/aromatic N) is 2. The molecule has 0 unspecified atom stereocenters. The molecule has 0 spiro atoms. The van der Waals surface area contributed by atoms with Gasteiger partial charge in [0.25, 0.3) is 0 Å². The van der Waals surface area contributed by atoms with Crippen LogP contribution in [0.15, 0.2) is 28.8 Å². The van der Waals surface area contributed by atoms with Gasteiger partial charge in [-0.1, -0.05) is 29.4 Å². The van der Waals surface area contributed by atoms with Gasteiger partial charge in [0.1, 0.15) is 5.76 Å². The van der Waals surface area contributed by atoms with Crippen molar-refractivity contribution in [2.45, 2.75) is 46.0 Å². The first-order valence-corrected chi connectivity index (χ1v) is 12.3. The van der Waals surface area contributed by atoms with E-state index in [9.17, 15) is 13.2 Å². The van der Waals surface area contributed by atoms with Crippen molar-refractivity contribution in [3.05, 3.63) is 52.4 Å². The molecule has 1 amide bonds. The summed E-state index contributed by atoms with van der Waals surface area (Å²) in [5.74, 6) is 1.45. The lowest BCUT2D eigenvalue weighted by Gasteiger charge is -2.32. The Morgan fingerprint density at radius 3 is 2.37 bits per heavy atom. The number of likely N-dealkylation sites (tertiary alicyclic amines) is 1. The van der Waals surface area contributed by atoms with Crippen LogP contribution in [0.2, 0.25) is 0 Å². The molecule has 1 saturated heterocycles. The Bertz CT molecular complexity index is 939. The maximum absolute atomic E-state index is 12.6. The third kappa shape index (κ3) is 6.40. The zero-order valence-corrected chi connectivity index (χ0v) is 18.8. The summed E-state index contributed by atoms with van der Waals surface area (Å²) in [6.07, 6.45) is 5.24. The van der Waals surface area contributed by atoms with Gasteiger partial charge in [-0.25, -0.2) is 13.1 Å². The fraction of sp³-hybridized carbons (Fsp3) is 0.545. The van der Waals surface area contributed by atoms with E-state index in [1.807, 2.05) is 18.7 Å². The van der Waals surface area contributed by atoms with Crippen LogP contribution in [-0.2, 0) is 34.1 Å². The molecule has 1 aliphatic rings. The second-order valence-electron chi connectivity index (χ2n) is 8.24. The molecule has 0 saturated carbocycles. The monoisotopic (exact) mass is 433 g/mol. The Balaban J connectivity index is 1.43. The van der Waals surface area contributed by atoms with Crippen LogP contribution in [0.3, 0.4) is 0 Å². The molecule has 0 radical (unpaired) electrons. The van der Waals surface area contributed by atoms with Gasteiger partial charge < -0.3 is 9.42 Å². The third-order valence-electron chi connectivity index (χ3n) is 5.80. The largest absolute Gasteiger partial charge is 0.361 e. The van der Waals surface area contributed by atoms with Crippen LogP contribution in [0.25, 0.3) is 0 Å². The summed E-state index contributed by atoms with van der Waals surface area (Å²) < 4.78 is 29.9. The molecule has 0 atom stereocenters. The van der Waals surface area contributed by atoms with E-state index in [1.165, 1.54) is 11.8 Å². The van der Waals surface area contributed by atoms with Crippen LogP contribution >= 0.6 is 0 Å². The average Bonchev–Trinajstić information content (AvgIpc) is 3.01. The SMILES string of the molecule is Cc1noc(C)c1CC(=O)N1CCC(Cc2ccc(CCNS(C)(=O)=O)cc2)CC1. The lowest BCUT2D eigenvalue weighted by atomic mass is 9.89. The van der Waals surface area contributed by atoms with Gasteiger partial charge in [0.15, 0.2) is 0 Å². The summed E-state index contributed by atoms with van der Waals surface area (Å²) in [6.45, 7) is 5.73. The molecule has 1 aliphatic heterocycles. The first kappa shape index (κ1) is 22.5. The minimum atomic E-state index is -3.14. The van der Waals surface area contributed by atoms with Gasteiger partial charge in [-0.3, -0.25) is 4.79 Å². The number of nitrogens with one attached hydrogen (secondary N) is 1. The van der Waals surface area contributed by atoms with Crippen molar-refractivity contribution in [1.29, 1.82) is 0 Å². The summed E-state index contributed by atoms with van der Waals surface area (Å²) in [5, 5.41) is 3.93. The van der Waals surface area contributed by atoms with Gasteiger partial charge in [0.2, 0.25) is 15.9 Å². The zero-order chi connectivity index (χ0) is 21.7. The highest BCUT2D eigenvalue weighted by Crippen LogP contribution is 2.23. The number of carbonyl (C=O) groups is 1. The number of amides is 1. The molecule has 0 bridgehead atoms. The Kier molecular flexibility index (Phi) is 7.31. The van der Waals surface area contributed by atoms with Crippen molar-refractivity contribution in [3.63, 3.8) is 0 Å². The van der Waals surface area contributed by atoms with Gasteiger partial charge in [0.05, 0.1) is 18.4 Å². The second kappa shape index (κ2) is 9.75. The molecule has 0 aliphatic carbocycles. The Hall–Kier alpha value is -2.19. The number of aromatic nitrogens is 1. The number of carbonyl (C=O) groups excluding carboxylic acids is 1. The molecule has 2 heterocycles. The summed E-state index contributed by atoms with van der Waals surface area (Å²) in [4.78, 5) is 14.6. The van der Waals surface area contributed by atoms with Crippen molar-refractivity contribution in [1.82, 2.24) is 14.8 Å². The summed E-state index contributed by atoms with van der Waals surface area (Å²) in [7, 11) is -3.14. The molecule has 30 heavy (non-hydrogen) atoms. The standard InChI is InChI=1S/C22H31N3O4S/c1-16-21(17(2)29-24-16)15-22(26)25-12-9-20(10-13-25)14-19-6-4-18(5-7-19)8-11-23-30(3,27)28/h4-7,20,23H,8-15H2,1-3H3. The number of rotatable bonds is 8. The molecule has 1 N–H and O–H groups in total. The fourth-order valence-corrected chi connectivity index (χ4v) is 4.43. The molecule has 164 valence electrons. The maximum Gasteiger partial charge on any atom is 0.227 e. The van der Waals surface area contributed by atoms with Crippen molar-refractivity contribution < 1.29 is 17.7 Å². The minimum Gasteiger partial charge on any atom is -0.361 e. The van der Waals surface area contributed by atoms with Gasteiger partial charge in [0, 0.05) is 25.2 Å². The van der Waals surface area contributed by atoms with E-state index >= 15 is 0 Å². The van der Waals surface area contributed by atoms with Crippen LogP contribution < -0.4 is 4.72 Å². The summed E-state index contributed by atoms with van der Waals surface area (Å²) in [5.41, 5.74) is 4.12. The zero-order valence-electron chi connectivity index (χ0n) is 18.0. The normalized spacial score (nSPS) is 15.5. The molecule has 3 rings (SSSR count). The van der Waals surface area contributed by atoms with Crippen molar-refractivity contribution in [2.24, 2.45) is 5.92 Å². The number of hydrogen-bond donors (Lipinski definition) is 1. The minimum absolute atomic E-state index is 0.148. The lowest BCUT2D eigenvalue weighted by molar-refractivity contribution is -0.131. The Morgan fingerprint density at radius 2 is 1.80 bits per heavy atom. The summed E-state index contributed by atoms with van der Waals surface area (Å²) in [6, 6.07) is 8.40. The molecule has 1 fully saturated rings. The number of hydrogen-bond acceptors (Lipinski definition) is 5. The average molecular weight is 434 g/mol. The highest BCUT2D eigenvalue weighted by Gasteiger charge is 2.24. The van der Waals surface area contributed by atoms with E-state index in [1.54, 1.807) is 0 Å². The predicted octanol–water partition coefficient (Wildman–Crippen LogP) is 2.41. The molecular formula is C22H31N3O4S. The van der Waals surface area contributed by atoms with Crippen LogP contribution in [0.4, 0.5) is 0 Å². The van der Waals surface area contributed by atoms with Crippen molar-refractivity contribution in [2.75, 3.05) is 25.9 Å². The van der Waals surface area contributed by atoms with E-state index < -0.39 is 10.0 Å². The Labute approximate surface area is 178 Å². The lowest BCUT2D eigenvalue weighted by Crippen LogP contribution is -2.39. The molecular weight excluding hydrogens is 402 g/mol. The van der Waals surface area contributed by atoms with Crippen LogP contribution in [0, 0.1) is 19.8 Å². The predicted molar refractivity (Wildman–Crippen MR) is 116 cm³/mol. The molecule has 7 nitrogen and oxygen atoms in total. The number of aryl methyl sites for hydroxylation is 2. The maximum atomic E-state index is 12.6. The van der Waals surface area contributed by atoms with E-state index in [0.717, 1.165) is 54.9 Å². The van der Waals surface area contributed by atoms with E-state index in [4.69, 9.17) is 4.52 Å². The second-order valence-corrected chi connectivity index (χ2v) is 10.1.